The van der Waals surface area contributed by atoms with Crippen LogP contribution in [-0.2, 0) is 25.3 Å². The smallest absolute Gasteiger partial charge is 0.115 e. The molecule has 2 aliphatic rings. The third kappa shape index (κ3) is 2.37. The van der Waals surface area contributed by atoms with Crippen LogP contribution in [0.1, 0.15) is 28.8 Å². The summed E-state index contributed by atoms with van der Waals surface area (Å²) < 4.78 is 2.44. The van der Waals surface area contributed by atoms with E-state index >= 15 is 0 Å². The van der Waals surface area contributed by atoms with E-state index in [2.05, 4.69) is 54.8 Å². The Morgan fingerprint density at radius 3 is 2.74 bits per heavy atom. The average Bonchev–Trinajstić information content (AvgIpc) is 2.93. The molecule has 0 bridgehead atoms. The van der Waals surface area contributed by atoms with Gasteiger partial charge >= 0.3 is 0 Å². The molecule has 0 saturated carbocycles. The number of aromatic hydroxyl groups is 1. The van der Waals surface area contributed by atoms with Crippen LogP contribution in [0.5, 0.6) is 5.75 Å². The highest BCUT2D eigenvalue weighted by molar-refractivity contribution is 5.88. The van der Waals surface area contributed by atoms with Gasteiger partial charge in [0.2, 0.25) is 0 Å². The predicted molar refractivity (Wildman–Crippen MR) is 110 cm³/mol. The van der Waals surface area contributed by atoms with Crippen molar-refractivity contribution < 1.29 is 5.11 Å². The molecule has 2 unspecified atom stereocenters. The SMILES string of the molecule is Cc1cccc2c3c(n(C)c12)CC1(c2cccc(O)c2)CCN(C)CC1C3. The van der Waals surface area contributed by atoms with Crippen LogP contribution in [0.2, 0.25) is 0 Å². The Balaban J connectivity index is 1.73. The normalized spacial score (nSPS) is 25.4. The van der Waals surface area contributed by atoms with Crippen molar-refractivity contribution in [3.63, 3.8) is 0 Å². The van der Waals surface area contributed by atoms with Gasteiger partial charge < -0.3 is 14.6 Å². The molecule has 140 valence electrons. The van der Waals surface area contributed by atoms with E-state index in [9.17, 15) is 5.11 Å². The number of likely N-dealkylation sites (tertiary alicyclic amines) is 1. The van der Waals surface area contributed by atoms with Gasteiger partial charge in [0, 0.05) is 30.1 Å². The molecule has 1 aliphatic carbocycles. The summed E-state index contributed by atoms with van der Waals surface area (Å²) in [6.07, 6.45) is 3.34. The van der Waals surface area contributed by atoms with Crippen molar-refractivity contribution >= 4 is 10.9 Å². The number of fused-ring (bicyclic) bond motifs is 4. The van der Waals surface area contributed by atoms with Gasteiger partial charge in [0.1, 0.15) is 5.75 Å². The molecule has 2 aromatic carbocycles. The van der Waals surface area contributed by atoms with E-state index in [-0.39, 0.29) is 5.41 Å². The van der Waals surface area contributed by atoms with E-state index in [1.54, 1.807) is 11.6 Å². The summed E-state index contributed by atoms with van der Waals surface area (Å²) in [6, 6.07) is 14.8. The third-order valence-corrected chi connectivity index (χ3v) is 7.26. The Bertz CT molecular complexity index is 1030. The first-order valence-electron chi connectivity index (χ1n) is 10.0. The molecule has 2 atom stereocenters. The molecule has 2 heterocycles. The zero-order chi connectivity index (χ0) is 18.8. The molecular formula is C24H28N2O. The highest BCUT2D eigenvalue weighted by Crippen LogP contribution is 2.50. The summed E-state index contributed by atoms with van der Waals surface area (Å²) in [5.41, 5.74) is 7.22. The second kappa shape index (κ2) is 5.87. The predicted octanol–water partition coefficient (Wildman–Crippen LogP) is 4.18. The van der Waals surface area contributed by atoms with Gasteiger partial charge in [-0.3, -0.25) is 0 Å². The molecule has 3 aromatic rings. The Morgan fingerprint density at radius 1 is 1.11 bits per heavy atom. The number of phenolic OH excluding ortho intramolecular Hbond substituents is 1. The van der Waals surface area contributed by atoms with Crippen molar-refractivity contribution in [3.8, 4) is 5.75 Å². The number of para-hydroxylation sites is 1. The lowest BCUT2D eigenvalue weighted by molar-refractivity contribution is 0.0985. The number of phenols is 1. The lowest BCUT2D eigenvalue weighted by atomic mass is 9.59. The molecule has 5 rings (SSSR count). The minimum absolute atomic E-state index is 0.119. The number of benzene rings is 2. The molecule has 1 aliphatic heterocycles. The number of hydrogen-bond donors (Lipinski definition) is 1. The number of rotatable bonds is 1. The number of piperidine rings is 1. The zero-order valence-corrected chi connectivity index (χ0v) is 16.5. The highest BCUT2D eigenvalue weighted by Gasteiger charge is 2.48. The van der Waals surface area contributed by atoms with E-state index in [0.717, 1.165) is 32.4 Å². The first-order valence-corrected chi connectivity index (χ1v) is 10.0. The molecule has 0 spiro atoms. The summed E-state index contributed by atoms with van der Waals surface area (Å²) in [6.45, 7) is 4.46. The maximum atomic E-state index is 10.2. The van der Waals surface area contributed by atoms with Crippen molar-refractivity contribution in [2.24, 2.45) is 13.0 Å². The topological polar surface area (TPSA) is 28.4 Å². The number of hydrogen-bond acceptors (Lipinski definition) is 2. The fraction of sp³-hybridized carbons (Fsp3) is 0.417. The van der Waals surface area contributed by atoms with E-state index in [0.29, 0.717) is 11.7 Å². The number of aromatic nitrogens is 1. The lowest BCUT2D eigenvalue weighted by Gasteiger charge is -2.50. The molecule has 3 nitrogen and oxygen atoms in total. The summed E-state index contributed by atoms with van der Waals surface area (Å²) in [7, 11) is 4.48. The van der Waals surface area contributed by atoms with Crippen LogP contribution in [0, 0.1) is 12.8 Å². The molecule has 3 heteroatoms. The van der Waals surface area contributed by atoms with Gasteiger partial charge in [-0.2, -0.15) is 0 Å². The van der Waals surface area contributed by atoms with Gasteiger partial charge in [0.05, 0.1) is 5.52 Å². The first kappa shape index (κ1) is 16.9. The summed E-state index contributed by atoms with van der Waals surface area (Å²) >= 11 is 0. The third-order valence-electron chi connectivity index (χ3n) is 7.26. The minimum Gasteiger partial charge on any atom is -0.508 e. The van der Waals surface area contributed by atoms with Gasteiger partial charge in [-0.25, -0.2) is 0 Å². The summed E-state index contributed by atoms with van der Waals surface area (Å²) in [5, 5.41) is 11.6. The Labute approximate surface area is 161 Å². The van der Waals surface area contributed by atoms with E-state index < -0.39 is 0 Å². The van der Waals surface area contributed by atoms with Crippen LogP contribution < -0.4 is 0 Å². The summed E-state index contributed by atoms with van der Waals surface area (Å²) in [5.74, 6) is 0.967. The van der Waals surface area contributed by atoms with Crippen LogP contribution in [0.4, 0.5) is 0 Å². The van der Waals surface area contributed by atoms with Gasteiger partial charge in [-0.15, -0.1) is 0 Å². The van der Waals surface area contributed by atoms with Crippen LogP contribution >= 0.6 is 0 Å². The molecular weight excluding hydrogens is 332 g/mol. The van der Waals surface area contributed by atoms with Crippen molar-refractivity contribution in [1.82, 2.24) is 9.47 Å². The fourth-order valence-electron chi connectivity index (χ4n) is 5.87. The minimum atomic E-state index is 0.119. The second-order valence-corrected chi connectivity index (χ2v) is 8.75. The van der Waals surface area contributed by atoms with Crippen LogP contribution in [0.15, 0.2) is 42.5 Å². The molecule has 1 saturated heterocycles. The van der Waals surface area contributed by atoms with Gasteiger partial charge in [0.25, 0.3) is 0 Å². The Kier molecular flexibility index (Phi) is 3.67. The van der Waals surface area contributed by atoms with E-state index in [1.807, 2.05) is 12.1 Å². The van der Waals surface area contributed by atoms with E-state index in [1.165, 1.54) is 27.7 Å². The van der Waals surface area contributed by atoms with Crippen LogP contribution in [-0.4, -0.2) is 34.7 Å². The molecule has 1 aromatic heterocycles. The van der Waals surface area contributed by atoms with Crippen molar-refractivity contribution in [2.45, 2.75) is 31.6 Å². The van der Waals surface area contributed by atoms with Crippen molar-refractivity contribution in [1.29, 1.82) is 0 Å². The zero-order valence-electron chi connectivity index (χ0n) is 16.5. The highest BCUT2D eigenvalue weighted by atomic mass is 16.3. The molecule has 1 fully saturated rings. The Morgan fingerprint density at radius 2 is 1.93 bits per heavy atom. The van der Waals surface area contributed by atoms with Gasteiger partial charge in [-0.05, 0) is 74.5 Å². The van der Waals surface area contributed by atoms with Crippen molar-refractivity contribution in [2.75, 3.05) is 20.1 Å². The largest absolute Gasteiger partial charge is 0.508 e. The van der Waals surface area contributed by atoms with Gasteiger partial charge in [-0.1, -0.05) is 30.3 Å². The molecule has 1 N–H and O–H groups in total. The van der Waals surface area contributed by atoms with E-state index in [4.69, 9.17) is 0 Å². The lowest BCUT2D eigenvalue weighted by Crippen LogP contribution is -2.52. The van der Waals surface area contributed by atoms with Crippen molar-refractivity contribution in [3.05, 3.63) is 64.8 Å². The van der Waals surface area contributed by atoms with Gasteiger partial charge in [0.15, 0.2) is 0 Å². The van der Waals surface area contributed by atoms with Crippen LogP contribution in [0.3, 0.4) is 0 Å². The summed E-state index contributed by atoms with van der Waals surface area (Å²) in [4.78, 5) is 2.48. The number of nitrogens with zero attached hydrogens (tertiary/aromatic N) is 2. The maximum Gasteiger partial charge on any atom is 0.115 e. The quantitative estimate of drug-likeness (QED) is 0.705. The maximum absolute atomic E-state index is 10.2. The van der Waals surface area contributed by atoms with Crippen LogP contribution in [0.25, 0.3) is 10.9 Å². The standard InChI is InChI=1S/C24H28N2O/c1-16-6-4-9-20-21-13-18-15-25(2)11-10-24(18,14-22(21)26(3)23(16)20)17-7-5-8-19(27)12-17/h4-9,12,18,27H,10-11,13-15H2,1-3H3. The fourth-order valence-corrected chi connectivity index (χ4v) is 5.87. The molecule has 27 heavy (non-hydrogen) atoms. The average molecular weight is 361 g/mol. The number of aryl methyl sites for hydroxylation is 2. The Hall–Kier alpha value is -2.26. The molecule has 0 amide bonds. The second-order valence-electron chi connectivity index (χ2n) is 8.75. The monoisotopic (exact) mass is 360 g/mol. The first-order chi connectivity index (χ1) is 13.0. The molecule has 0 radical (unpaired) electrons.